The van der Waals surface area contributed by atoms with Gasteiger partial charge in [-0.05, 0) is 32.1 Å². The molecule has 0 aromatic carbocycles. The maximum atomic E-state index is 9.04. The van der Waals surface area contributed by atoms with Crippen molar-refractivity contribution in [2.24, 2.45) is 5.41 Å². The lowest BCUT2D eigenvalue weighted by atomic mass is 9.84. The molecule has 0 aromatic heterocycles. The van der Waals surface area contributed by atoms with Gasteiger partial charge in [-0.3, -0.25) is 0 Å². The van der Waals surface area contributed by atoms with Crippen molar-refractivity contribution < 1.29 is 9.84 Å². The minimum absolute atomic E-state index is 0.0857. The van der Waals surface area contributed by atoms with E-state index in [1.54, 1.807) is 0 Å². The Morgan fingerprint density at radius 3 is 2.13 bits per heavy atom. The molecule has 2 nitrogen and oxygen atoms in total. The summed E-state index contributed by atoms with van der Waals surface area (Å²) < 4.78 is 5.64. The fourth-order valence-electron chi connectivity index (χ4n) is 1.43. The van der Waals surface area contributed by atoms with Crippen molar-refractivity contribution in [1.82, 2.24) is 0 Å². The molecule has 15 heavy (non-hydrogen) atoms. The Kier molecular flexibility index (Phi) is 6.46. The van der Waals surface area contributed by atoms with Crippen LogP contribution in [0.5, 0.6) is 0 Å². The molecule has 0 aliphatic carbocycles. The number of hydrogen-bond acceptors (Lipinski definition) is 2. The SMILES string of the molecule is CCCCC(C)(C)CCOC(C)(C)CO. The summed E-state index contributed by atoms with van der Waals surface area (Å²) in [5, 5.41) is 9.04. The Hall–Kier alpha value is -0.0800. The summed E-state index contributed by atoms with van der Waals surface area (Å²) >= 11 is 0. The molecular formula is C13H28O2. The third-order valence-electron chi connectivity index (χ3n) is 2.86. The van der Waals surface area contributed by atoms with Crippen LogP contribution in [0, 0.1) is 5.41 Å². The van der Waals surface area contributed by atoms with Gasteiger partial charge >= 0.3 is 0 Å². The molecule has 0 heterocycles. The van der Waals surface area contributed by atoms with Gasteiger partial charge in [-0.25, -0.2) is 0 Å². The van der Waals surface area contributed by atoms with Gasteiger partial charge in [0.25, 0.3) is 0 Å². The van der Waals surface area contributed by atoms with Gasteiger partial charge < -0.3 is 9.84 Å². The topological polar surface area (TPSA) is 29.5 Å². The second-order valence-corrected chi connectivity index (χ2v) is 5.78. The summed E-state index contributed by atoms with van der Waals surface area (Å²) in [6.45, 7) is 11.5. The highest BCUT2D eigenvalue weighted by molar-refractivity contribution is 4.71. The van der Waals surface area contributed by atoms with Gasteiger partial charge in [0.05, 0.1) is 12.2 Å². The van der Waals surface area contributed by atoms with Gasteiger partial charge in [-0.15, -0.1) is 0 Å². The summed E-state index contributed by atoms with van der Waals surface area (Å²) in [6, 6.07) is 0. The van der Waals surface area contributed by atoms with Crippen LogP contribution in [0.2, 0.25) is 0 Å². The van der Waals surface area contributed by atoms with E-state index in [0.29, 0.717) is 5.41 Å². The van der Waals surface area contributed by atoms with Crippen LogP contribution >= 0.6 is 0 Å². The van der Waals surface area contributed by atoms with Crippen molar-refractivity contribution in [3.63, 3.8) is 0 Å². The standard InChI is InChI=1S/C13H28O2/c1-6-7-8-12(2,3)9-10-15-13(4,5)11-14/h14H,6-11H2,1-5H3. The summed E-state index contributed by atoms with van der Waals surface area (Å²) in [5.41, 5.74) is -0.0254. The predicted molar refractivity (Wildman–Crippen MR) is 65.0 cm³/mol. The Morgan fingerprint density at radius 2 is 1.67 bits per heavy atom. The van der Waals surface area contributed by atoms with E-state index in [0.717, 1.165) is 13.0 Å². The smallest absolute Gasteiger partial charge is 0.0856 e. The lowest BCUT2D eigenvalue weighted by Crippen LogP contribution is -2.30. The quantitative estimate of drug-likeness (QED) is 0.674. The van der Waals surface area contributed by atoms with Crippen LogP contribution in [0.15, 0.2) is 0 Å². The third kappa shape index (κ3) is 7.80. The van der Waals surface area contributed by atoms with Crippen LogP contribution in [0.25, 0.3) is 0 Å². The van der Waals surface area contributed by atoms with Gasteiger partial charge in [0.2, 0.25) is 0 Å². The molecule has 0 fully saturated rings. The molecule has 0 aromatic rings. The van der Waals surface area contributed by atoms with Crippen molar-refractivity contribution in [3.8, 4) is 0 Å². The van der Waals surface area contributed by atoms with Gasteiger partial charge in [0.15, 0.2) is 0 Å². The van der Waals surface area contributed by atoms with Crippen LogP contribution < -0.4 is 0 Å². The van der Waals surface area contributed by atoms with Gasteiger partial charge in [-0.1, -0.05) is 33.6 Å². The first-order valence-corrected chi connectivity index (χ1v) is 6.08. The number of unbranched alkanes of at least 4 members (excludes halogenated alkanes) is 1. The molecule has 0 rings (SSSR count). The Labute approximate surface area is 95.0 Å². The van der Waals surface area contributed by atoms with Gasteiger partial charge in [-0.2, -0.15) is 0 Å². The molecular weight excluding hydrogens is 188 g/mol. The highest BCUT2D eigenvalue weighted by Crippen LogP contribution is 2.27. The van der Waals surface area contributed by atoms with Crippen LogP contribution in [0.3, 0.4) is 0 Å². The highest BCUT2D eigenvalue weighted by Gasteiger charge is 2.21. The molecule has 0 radical (unpaired) electrons. The van der Waals surface area contributed by atoms with Crippen molar-refractivity contribution in [2.75, 3.05) is 13.2 Å². The maximum absolute atomic E-state index is 9.04. The minimum Gasteiger partial charge on any atom is -0.393 e. The molecule has 0 atom stereocenters. The predicted octanol–water partition coefficient (Wildman–Crippen LogP) is 3.38. The first-order chi connectivity index (χ1) is 6.83. The second kappa shape index (κ2) is 6.49. The van der Waals surface area contributed by atoms with Crippen LogP contribution in [-0.2, 0) is 4.74 Å². The number of ether oxygens (including phenoxy) is 1. The van der Waals surface area contributed by atoms with E-state index < -0.39 is 0 Å². The zero-order valence-electron chi connectivity index (χ0n) is 11.1. The van der Waals surface area contributed by atoms with Crippen LogP contribution in [0.1, 0.15) is 60.3 Å². The van der Waals surface area contributed by atoms with Crippen molar-refractivity contribution >= 4 is 0 Å². The molecule has 0 saturated carbocycles. The zero-order valence-corrected chi connectivity index (χ0v) is 11.1. The van der Waals surface area contributed by atoms with Crippen LogP contribution in [-0.4, -0.2) is 23.9 Å². The maximum Gasteiger partial charge on any atom is 0.0856 e. The highest BCUT2D eigenvalue weighted by atomic mass is 16.5. The molecule has 1 N–H and O–H groups in total. The summed E-state index contributed by atoms with van der Waals surface area (Å²) in [5.74, 6) is 0. The number of aliphatic hydroxyl groups excluding tert-OH is 1. The van der Waals surface area contributed by atoms with E-state index >= 15 is 0 Å². The number of aliphatic hydroxyl groups is 1. The molecule has 0 aliphatic rings. The monoisotopic (exact) mass is 216 g/mol. The summed E-state index contributed by atoms with van der Waals surface area (Å²) in [6.07, 6.45) is 4.87. The molecule has 92 valence electrons. The zero-order chi connectivity index (χ0) is 11.9. The van der Waals surface area contributed by atoms with E-state index in [-0.39, 0.29) is 12.2 Å². The first-order valence-electron chi connectivity index (χ1n) is 6.08. The van der Waals surface area contributed by atoms with Crippen molar-refractivity contribution in [3.05, 3.63) is 0 Å². The van der Waals surface area contributed by atoms with E-state index in [9.17, 15) is 0 Å². The first kappa shape index (κ1) is 14.9. The van der Waals surface area contributed by atoms with E-state index in [1.165, 1.54) is 19.3 Å². The van der Waals surface area contributed by atoms with Gasteiger partial charge in [0, 0.05) is 6.61 Å². The normalized spacial score (nSPS) is 13.2. The Bertz CT molecular complexity index is 162. The minimum atomic E-state index is -0.388. The van der Waals surface area contributed by atoms with E-state index in [2.05, 4.69) is 20.8 Å². The molecule has 0 aliphatic heterocycles. The van der Waals surface area contributed by atoms with E-state index in [1.807, 2.05) is 13.8 Å². The fraction of sp³-hybridized carbons (Fsp3) is 1.00. The van der Waals surface area contributed by atoms with Crippen molar-refractivity contribution in [1.29, 1.82) is 0 Å². The molecule has 0 spiro atoms. The molecule has 0 bridgehead atoms. The summed E-state index contributed by atoms with van der Waals surface area (Å²) in [4.78, 5) is 0. The van der Waals surface area contributed by atoms with Crippen LogP contribution in [0.4, 0.5) is 0 Å². The lowest BCUT2D eigenvalue weighted by molar-refractivity contribution is -0.0620. The Balaban J connectivity index is 3.74. The molecule has 0 unspecified atom stereocenters. The van der Waals surface area contributed by atoms with Crippen molar-refractivity contribution in [2.45, 2.75) is 65.9 Å². The third-order valence-corrected chi connectivity index (χ3v) is 2.86. The molecule has 0 saturated heterocycles. The average Bonchev–Trinajstić information content (AvgIpc) is 2.14. The number of rotatable bonds is 8. The fourth-order valence-corrected chi connectivity index (χ4v) is 1.43. The second-order valence-electron chi connectivity index (χ2n) is 5.78. The average molecular weight is 216 g/mol. The van der Waals surface area contributed by atoms with Gasteiger partial charge in [0.1, 0.15) is 0 Å². The Morgan fingerprint density at radius 1 is 1.07 bits per heavy atom. The number of hydrogen-bond donors (Lipinski definition) is 1. The molecule has 2 heteroatoms. The summed E-state index contributed by atoms with van der Waals surface area (Å²) in [7, 11) is 0. The largest absolute Gasteiger partial charge is 0.393 e. The van der Waals surface area contributed by atoms with E-state index in [4.69, 9.17) is 9.84 Å². The lowest BCUT2D eigenvalue weighted by Gasteiger charge is -2.28. The molecule has 0 amide bonds.